The number of ether oxygens (including phenoxy) is 1. The second-order valence-corrected chi connectivity index (χ2v) is 7.40. The maximum atomic E-state index is 13.3. The van der Waals surface area contributed by atoms with Crippen molar-refractivity contribution in [1.82, 2.24) is 9.71 Å². The summed E-state index contributed by atoms with van der Waals surface area (Å²) in [4.78, 5) is 4.11. The van der Waals surface area contributed by atoms with E-state index in [1.54, 1.807) is 42.5 Å². The van der Waals surface area contributed by atoms with Crippen molar-refractivity contribution in [2.24, 2.45) is 0 Å². The summed E-state index contributed by atoms with van der Waals surface area (Å²) in [5.74, 6) is -0.0325. The van der Waals surface area contributed by atoms with E-state index in [0.29, 0.717) is 11.1 Å². The molecule has 1 heterocycles. The number of nitrogens with zero attached hydrogens (tertiary/aromatic N) is 1. The predicted octanol–water partition coefficient (Wildman–Crippen LogP) is 3.63. The lowest BCUT2D eigenvalue weighted by molar-refractivity contribution is 0.451. The third-order valence-electron chi connectivity index (χ3n) is 3.54. The Balaban J connectivity index is 1.70. The van der Waals surface area contributed by atoms with Crippen LogP contribution in [0.5, 0.6) is 11.6 Å². The van der Waals surface area contributed by atoms with E-state index in [2.05, 4.69) is 9.71 Å². The van der Waals surface area contributed by atoms with Gasteiger partial charge in [-0.3, -0.25) is 0 Å². The van der Waals surface area contributed by atoms with Gasteiger partial charge in [0.2, 0.25) is 15.9 Å². The molecule has 0 saturated carbocycles. The van der Waals surface area contributed by atoms with Crippen molar-refractivity contribution in [3.05, 3.63) is 89.9 Å². The molecule has 134 valence electrons. The number of hydrogen-bond acceptors (Lipinski definition) is 4. The maximum Gasteiger partial charge on any atom is 0.223 e. The number of rotatable bonds is 7. The average molecular weight is 372 g/mol. The number of sulfonamides is 1. The van der Waals surface area contributed by atoms with Crippen LogP contribution in [-0.4, -0.2) is 13.4 Å². The Hall–Kier alpha value is -2.77. The zero-order valence-electron chi connectivity index (χ0n) is 13.8. The van der Waals surface area contributed by atoms with Gasteiger partial charge < -0.3 is 4.74 Å². The highest BCUT2D eigenvalue weighted by Gasteiger charge is 2.14. The Labute approximate surface area is 151 Å². The van der Waals surface area contributed by atoms with Gasteiger partial charge in [0.15, 0.2) is 0 Å². The van der Waals surface area contributed by atoms with Crippen LogP contribution in [0.25, 0.3) is 0 Å². The summed E-state index contributed by atoms with van der Waals surface area (Å²) >= 11 is 0. The fourth-order valence-corrected chi connectivity index (χ4v) is 3.43. The van der Waals surface area contributed by atoms with E-state index >= 15 is 0 Å². The first kappa shape index (κ1) is 18.0. The van der Waals surface area contributed by atoms with Gasteiger partial charge in [0.05, 0.1) is 5.75 Å². The molecule has 0 radical (unpaired) electrons. The first-order valence-electron chi connectivity index (χ1n) is 7.90. The van der Waals surface area contributed by atoms with E-state index in [-0.39, 0.29) is 23.9 Å². The Morgan fingerprint density at radius 1 is 1.00 bits per heavy atom. The van der Waals surface area contributed by atoms with E-state index in [4.69, 9.17) is 4.74 Å². The molecule has 0 bridgehead atoms. The first-order valence-corrected chi connectivity index (χ1v) is 9.56. The number of halogens is 1. The van der Waals surface area contributed by atoms with Crippen molar-refractivity contribution in [2.75, 3.05) is 0 Å². The molecular weight excluding hydrogens is 355 g/mol. The van der Waals surface area contributed by atoms with Gasteiger partial charge in [-0.2, -0.15) is 0 Å². The Kier molecular flexibility index (Phi) is 5.60. The van der Waals surface area contributed by atoms with Crippen LogP contribution in [0.3, 0.4) is 0 Å². The van der Waals surface area contributed by atoms with Crippen LogP contribution in [0.1, 0.15) is 11.1 Å². The lowest BCUT2D eigenvalue weighted by Crippen LogP contribution is -2.25. The third kappa shape index (κ3) is 5.11. The summed E-state index contributed by atoms with van der Waals surface area (Å²) in [7, 11) is -3.52. The fourth-order valence-electron chi connectivity index (χ4n) is 2.33. The number of nitrogens with one attached hydrogen (secondary N) is 1. The SMILES string of the molecule is O=S(=O)(Cc1ccccc1)NCc1cccnc1Oc1cccc(F)c1. The number of hydrogen-bond donors (Lipinski definition) is 1. The predicted molar refractivity (Wildman–Crippen MR) is 96.6 cm³/mol. The molecule has 7 heteroatoms. The molecule has 0 spiro atoms. The summed E-state index contributed by atoms with van der Waals surface area (Å²) in [6.45, 7) is 0.0215. The Morgan fingerprint density at radius 2 is 1.81 bits per heavy atom. The third-order valence-corrected chi connectivity index (χ3v) is 4.84. The molecule has 0 amide bonds. The van der Waals surface area contributed by atoms with Crippen molar-refractivity contribution in [3.8, 4) is 11.6 Å². The molecule has 5 nitrogen and oxygen atoms in total. The molecule has 3 rings (SSSR count). The van der Waals surface area contributed by atoms with Gasteiger partial charge >= 0.3 is 0 Å². The summed E-state index contributed by atoms with van der Waals surface area (Å²) in [5.41, 5.74) is 1.25. The van der Waals surface area contributed by atoms with E-state index in [1.807, 2.05) is 6.07 Å². The first-order chi connectivity index (χ1) is 12.5. The van der Waals surface area contributed by atoms with Crippen LogP contribution in [0.2, 0.25) is 0 Å². The van der Waals surface area contributed by atoms with Crippen molar-refractivity contribution in [3.63, 3.8) is 0 Å². The molecule has 26 heavy (non-hydrogen) atoms. The highest BCUT2D eigenvalue weighted by molar-refractivity contribution is 7.88. The van der Waals surface area contributed by atoms with Gasteiger partial charge in [-0.25, -0.2) is 22.5 Å². The van der Waals surface area contributed by atoms with Crippen molar-refractivity contribution >= 4 is 10.0 Å². The summed E-state index contributed by atoms with van der Waals surface area (Å²) in [6.07, 6.45) is 1.52. The quantitative estimate of drug-likeness (QED) is 0.688. The van der Waals surface area contributed by atoms with E-state index in [1.165, 1.54) is 24.4 Å². The molecule has 0 saturated heterocycles. The normalized spacial score (nSPS) is 11.3. The Morgan fingerprint density at radius 3 is 2.58 bits per heavy atom. The lowest BCUT2D eigenvalue weighted by Gasteiger charge is -2.11. The van der Waals surface area contributed by atoms with Crippen LogP contribution in [0.15, 0.2) is 72.9 Å². The van der Waals surface area contributed by atoms with Gasteiger partial charge in [-0.15, -0.1) is 0 Å². The molecule has 0 atom stereocenters. The number of benzene rings is 2. The second kappa shape index (κ2) is 8.07. The zero-order chi connectivity index (χ0) is 18.4. The van der Waals surface area contributed by atoms with Gasteiger partial charge in [0, 0.05) is 24.4 Å². The van der Waals surface area contributed by atoms with Gasteiger partial charge in [-0.1, -0.05) is 42.5 Å². The molecule has 0 aliphatic rings. The van der Waals surface area contributed by atoms with Crippen molar-refractivity contribution in [1.29, 1.82) is 0 Å². The smallest absolute Gasteiger partial charge is 0.223 e. The van der Waals surface area contributed by atoms with Gasteiger partial charge in [0.1, 0.15) is 11.6 Å². The van der Waals surface area contributed by atoms with Crippen LogP contribution < -0.4 is 9.46 Å². The molecule has 1 aromatic heterocycles. The number of aromatic nitrogens is 1. The largest absolute Gasteiger partial charge is 0.439 e. The minimum Gasteiger partial charge on any atom is -0.439 e. The number of pyridine rings is 1. The van der Waals surface area contributed by atoms with E-state index < -0.39 is 15.8 Å². The van der Waals surface area contributed by atoms with Crippen molar-refractivity contribution in [2.45, 2.75) is 12.3 Å². The second-order valence-electron chi connectivity index (χ2n) is 5.59. The van der Waals surface area contributed by atoms with Crippen LogP contribution in [0, 0.1) is 5.82 Å². The summed E-state index contributed by atoms with van der Waals surface area (Å²) in [6, 6.07) is 18.0. The fraction of sp³-hybridized carbons (Fsp3) is 0.105. The minimum absolute atomic E-state index is 0.0215. The lowest BCUT2D eigenvalue weighted by atomic mass is 10.2. The zero-order valence-corrected chi connectivity index (χ0v) is 14.6. The molecule has 0 unspecified atom stereocenters. The summed E-state index contributed by atoms with van der Waals surface area (Å²) < 4.78 is 45.9. The minimum atomic E-state index is -3.52. The van der Waals surface area contributed by atoms with E-state index in [9.17, 15) is 12.8 Å². The molecule has 2 aromatic carbocycles. The molecule has 0 fully saturated rings. The molecule has 0 aliphatic carbocycles. The standard InChI is InChI=1S/C19H17FN2O3S/c20-17-9-4-10-18(12-17)25-19-16(8-5-11-21-19)13-22-26(23,24)14-15-6-2-1-3-7-15/h1-12,22H,13-14H2. The van der Waals surface area contributed by atoms with E-state index in [0.717, 1.165) is 0 Å². The summed E-state index contributed by atoms with van der Waals surface area (Å²) in [5, 5.41) is 0. The van der Waals surface area contributed by atoms with Crippen LogP contribution >= 0.6 is 0 Å². The highest BCUT2D eigenvalue weighted by Crippen LogP contribution is 2.23. The maximum absolute atomic E-state index is 13.3. The highest BCUT2D eigenvalue weighted by atomic mass is 32.2. The average Bonchev–Trinajstić information content (AvgIpc) is 2.62. The topological polar surface area (TPSA) is 68.3 Å². The molecular formula is C19H17FN2O3S. The molecule has 1 N–H and O–H groups in total. The molecule has 3 aromatic rings. The Bertz CT molecular complexity index is 979. The van der Waals surface area contributed by atoms with Crippen LogP contribution in [0.4, 0.5) is 4.39 Å². The monoisotopic (exact) mass is 372 g/mol. The van der Waals surface area contributed by atoms with Gasteiger partial charge in [-0.05, 0) is 23.8 Å². The molecule has 0 aliphatic heterocycles. The van der Waals surface area contributed by atoms with Gasteiger partial charge in [0.25, 0.3) is 0 Å². The van der Waals surface area contributed by atoms with Crippen LogP contribution in [-0.2, 0) is 22.3 Å². The van der Waals surface area contributed by atoms with Crippen molar-refractivity contribution < 1.29 is 17.5 Å².